The quantitative estimate of drug-likeness (QED) is 0.159. The number of para-hydroxylation sites is 1. The Hall–Kier alpha value is -4.66. The number of rotatable bonds is 11. The molecule has 4 rings (SSSR count). The van der Waals surface area contributed by atoms with E-state index in [4.69, 9.17) is 9.97 Å². The average molecular weight is 498 g/mol. The van der Waals surface area contributed by atoms with Gasteiger partial charge in [-0.3, -0.25) is 9.59 Å². The Kier molecular flexibility index (Phi) is 8.49. The summed E-state index contributed by atoms with van der Waals surface area (Å²) in [6.45, 7) is 5.35. The van der Waals surface area contributed by atoms with E-state index in [2.05, 4.69) is 26.3 Å². The number of carbonyl (C=O) groups excluding carboxylic acids is 2. The second-order valence-corrected chi connectivity index (χ2v) is 8.49. The van der Waals surface area contributed by atoms with Crippen LogP contribution in [0.15, 0.2) is 66.9 Å². The molecule has 5 N–H and O–H groups in total. The van der Waals surface area contributed by atoms with E-state index < -0.39 is 0 Å². The van der Waals surface area contributed by atoms with Gasteiger partial charge < -0.3 is 26.3 Å². The van der Waals surface area contributed by atoms with Crippen LogP contribution in [0, 0.1) is 6.92 Å². The molecule has 0 aliphatic carbocycles. The van der Waals surface area contributed by atoms with Crippen LogP contribution in [0.3, 0.4) is 0 Å². The van der Waals surface area contributed by atoms with Crippen LogP contribution in [-0.2, 0) is 9.59 Å². The Morgan fingerprint density at radius 2 is 1.51 bits per heavy atom. The summed E-state index contributed by atoms with van der Waals surface area (Å²) in [5.41, 5.74) is 3.75. The maximum Gasteiger partial charge on any atom is 0.244 e. The lowest BCUT2D eigenvalue weighted by molar-refractivity contribution is -0.119. The van der Waals surface area contributed by atoms with Crippen LogP contribution in [0.2, 0.25) is 0 Å². The van der Waals surface area contributed by atoms with Gasteiger partial charge in [-0.25, -0.2) is 9.97 Å². The van der Waals surface area contributed by atoms with Gasteiger partial charge in [0.2, 0.25) is 11.8 Å². The Morgan fingerprint density at radius 3 is 2.22 bits per heavy atom. The predicted octanol–water partition coefficient (Wildman–Crippen LogP) is 3.72. The zero-order chi connectivity index (χ0) is 26.0. The molecule has 0 fully saturated rings. The molecule has 0 bridgehead atoms. The summed E-state index contributed by atoms with van der Waals surface area (Å²) in [5, 5.41) is 13.3. The Balaban J connectivity index is 1.37. The number of nitrogens with zero attached hydrogens (tertiary/aromatic N) is 2. The minimum absolute atomic E-state index is 0.0770. The first-order chi connectivity index (χ1) is 18.0. The van der Waals surface area contributed by atoms with E-state index in [0.717, 1.165) is 27.6 Å². The van der Waals surface area contributed by atoms with E-state index in [1.807, 2.05) is 67.7 Å². The molecule has 0 unspecified atom stereocenters. The first-order valence-corrected chi connectivity index (χ1v) is 12.2. The van der Waals surface area contributed by atoms with Crippen molar-refractivity contribution in [3.63, 3.8) is 0 Å². The van der Waals surface area contributed by atoms with Crippen molar-refractivity contribution < 1.29 is 9.59 Å². The Labute approximate surface area is 215 Å². The number of carbonyl (C=O) groups is 2. The SMILES string of the molecule is CC(=O)NCCNc1nc(-c2ccccc2)nc(NCCNC(=O)/C=C/c2c[nH]c3ccccc23)c1C. The zero-order valence-corrected chi connectivity index (χ0v) is 21.0. The number of nitrogens with one attached hydrogen (secondary N) is 5. The molecule has 9 nitrogen and oxygen atoms in total. The van der Waals surface area contributed by atoms with Crippen molar-refractivity contribution in [2.75, 3.05) is 36.8 Å². The first kappa shape index (κ1) is 25.4. The predicted molar refractivity (Wildman–Crippen MR) is 148 cm³/mol. The molecule has 0 atom stereocenters. The molecule has 0 aliphatic heterocycles. The second kappa shape index (κ2) is 12.3. The highest BCUT2D eigenvalue weighted by molar-refractivity contribution is 5.96. The third-order valence-corrected chi connectivity index (χ3v) is 5.72. The zero-order valence-electron chi connectivity index (χ0n) is 21.0. The first-order valence-electron chi connectivity index (χ1n) is 12.2. The van der Waals surface area contributed by atoms with Crippen molar-refractivity contribution in [1.29, 1.82) is 0 Å². The number of benzene rings is 2. The summed E-state index contributed by atoms with van der Waals surface area (Å²) in [4.78, 5) is 36.1. The van der Waals surface area contributed by atoms with Gasteiger partial charge in [0.05, 0.1) is 0 Å². The fourth-order valence-corrected chi connectivity index (χ4v) is 3.82. The van der Waals surface area contributed by atoms with Gasteiger partial charge in [0.15, 0.2) is 5.82 Å². The van der Waals surface area contributed by atoms with Crippen molar-refractivity contribution in [2.45, 2.75) is 13.8 Å². The summed E-state index contributed by atoms with van der Waals surface area (Å²) < 4.78 is 0. The van der Waals surface area contributed by atoms with Crippen molar-refractivity contribution in [3.05, 3.63) is 78.0 Å². The summed E-state index contributed by atoms with van der Waals surface area (Å²) in [7, 11) is 0. The van der Waals surface area contributed by atoms with Crippen LogP contribution < -0.4 is 21.3 Å². The lowest BCUT2D eigenvalue weighted by Crippen LogP contribution is -2.28. The lowest BCUT2D eigenvalue weighted by atomic mass is 10.1. The molecule has 190 valence electrons. The van der Waals surface area contributed by atoms with Crippen molar-refractivity contribution in [1.82, 2.24) is 25.6 Å². The molecule has 0 radical (unpaired) electrons. The molecule has 2 aromatic heterocycles. The third kappa shape index (κ3) is 6.94. The van der Waals surface area contributed by atoms with E-state index in [-0.39, 0.29) is 11.8 Å². The molecule has 0 spiro atoms. The van der Waals surface area contributed by atoms with Gasteiger partial charge in [0.1, 0.15) is 11.6 Å². The molecule has 2 heterocycles. The molecule has 4 aromatic rings. The van der Waals surface area contributed by atoms with E-state index in [0.29, 0.717) is 43.6 Å². The smallest absolute Gasteiger partial charge is 0.244 e. The minimum Gasteiger partial charge on any atom is -0.368 e. The van der Waals surface area contributed by atoms with E-state index in [1.54, 1.807) is 6.08 Å². The molecule has 0 aliphatic rings. The van der Waals surface area contributed by atoms with Crippen LogP contribution >= 0.6 is 0 Å². The molecule has 9 heteroatoms. The number of anilines is 2. The molecule has 0 saturated carbocycles. The summed E-state index contributed by atoms with van der Waals surface area (Å²) in [6, 6.07) is 17.7. The van der Waals surface area contributed by atoms with Gasteiger partial charge in [-0.05, 0) is 24.6 Å². The number of hydrogen-bond acceptors (Lipinski definition) is 6. The van der Waals surface area contributed by atoms with E-state index >= 15 is 0 Å². The third-order valence-electron chi connectivity index (χ3n) is 5.72. The van der Waals surface area contributed by atoms with Gasteiger partial charge in [-0.1, -0.05) is 48.5 Å². The minimum atomic E-state index is -0.170. The van der Waals surface area contributed by atoms with Gasteiger partial charge in [0.25, 0.3) is 0 Å². The maximum atomic E-state index is 12.3. The molecule has 2 aromatic carbocycles. The maximum absolute atomic E-state index is 12.3. The highest BCUT2D eigenvalue weighted by Crippen LogP contribution is 2.25. The summed E-state index contributed by atoms with van der Waals surface area (Å²) >= 11 is 0. The van der Waals surface area contributed by atoms with Gasteiger partial charge in [-0.15, -0.1) is 0 Å². The lowest BCUT2D eigenvalue weighted by Gasteiger charge is -2.15. The Morgan fingerprint density at radius 1 is 0.865 bits per heavy atom. The molecule has 2 amide bonds. The van der Waals surface area contributed by atoms with Crippen LogP contribution in [0.1, 0.15) is 18.1 Å². The Bertz CT molecular complexity index is 1400. The van der Waals surface area contributed by atoms with Crippen molar-refractivity contribution in [3.8, 4) is 11.4 Å². The summed E-state index contributed by atoms with van der Waals surface area (Å²) in [5.74, 6) is 1.71. The number of fused-ring (bicyclic) bond motifs is 1. The standard InChI is InChI=1S/C28H31N7O2/c1-19-26(31-16-14-29-20(2)36)34-28(21-8-4-3-5-9-21)35-27(19)32-17-15-30-25(37)13-12-22-18-33-24-11-7-6-10-23(22)24/h3-13,18,33H,14-17H2,1-2H3,(H,29,36)(H,30,37)(H2,31,32,34,35)/b13-12+. The van der Waals surface area contributed by atoms with Crippen molar-refractivity contribution >= 4 is 40.4 Å². The number of H-pyrrole nitrogens is 1. The van der Waals surface area contributed by atoms with Gasteiger partial charge in [0, 0.05) is 67.4 Å². The number of aromatic amines is 1. The van der Waals surface area contributed by atoms with E-state index in [1.165, 1.54) is 13.0 Å². The van der Waals surface area contributed by atoms with Crippen LogP contribution in [0.25, 0.3) is 28.4 Å². The summed E-state index contributed by atoms with van der Waals surface area (Å²) in [6.07, 6.45) is 5.23. The van der Waals surface area contributed by atoms with Crippen molar-refractivity contribution in [2.24, 2.45) is 0 Å². The number of amides is 2. The largest absolute Gasteiger partial charge is 0.368 e. The van der Waals surface area contributed by atoms with Crippen LogP contribution in [0.5, 0.6) is 0 Å². The van der Waals surface area contributed by atoms with Gasteiger partial charge in [-0.2, -0.15) is 0 Å². The number of aromatic nitrogens is 3. The fourth-order valence-electron chi connectivity index (χ4n) is 3.82. The monoisotopic (exact) mass is 497 g/mol. The fraction of sp³-hybridized carbons (Fsp3) is 0.214. The van der Waals surface area contributed by atoms with Crippen LogP contribution in [0.4, 0.5) is 11.6 Å². The molecular formula is C28H31N7O2. The normalized spacial score (nSPS) is 11.0. The average Bonchev–Trinajstić information content (AvgIpc) is 3.33. The van der Waals surface area contributed by atoms with Crippen LogP contribution in [-0.4, -0.2) is 52.9 Å². The number of hydrogen-bond donors (Lipinski definition) is 5. The molecule has 37 heavy (non-hydrogen) atoms. The van der Waals surface area contributed by atoms with E-state index in [9.17, 15) is 9.59 Å². The highest BCUT2D eigenvalue weighted by Gasteiger charge is 2.12. The molecular weight excluding hydrogens is 466 g/mol. The second-order valence-electron chi connectivity index (χ2n) is 8.49. The molecule has 0 saturated heterocycles. The highest BCUT2D eigenvalue weighted by atomic mass is 16.2. The van der Waals surface area contributed by atoms with Gasteiger partial charge >= 0.3 is 0 Å². The topological polar surface area (TPSA) is 124 Å².